The van der Waals surface area contributed by atoms with Gasteiger partial charge in [0.05, 0.1) is 12.7 Å². The lowest BCUT2D eigenvalue weighted by molar-refractivity contribution is -0.0282. The molecule has 1 aliphatic heterocycles. The molecular weight excluding hydrogens is 212 g/mol. The summed E-state index contributed by atoms with van der Waals surface area (Å²) in [6.45, 7) is 12.2. The maximum atomic E-state index is 5.78. The van der Waals surface area contributed by atoms with Gasteiger partial charge < -0.3 is 4.74 Å². The van der Waals surface area contributed by atoms with Crippen molar-refractivity contribution >= 4 is 0 Å². The number of ether oxygens (including phenoxy) is 1. The summed E-state index contributed by atoms with van der Waals surface area (Å²) in [5, 5.41) is 0. The Morgan fingerprint density at radius 1 is 1.47 bits per heavy atom. The molecule has 0 bridgehead atoms. The molecule has 0 aliphatic carbocycles. The smallest absolute Gasteiger partial charge is 0.0953 e. The Balaban J connectivity index is 0.000000686. The molecule has 1 atom stereocenters. The Labute approximate surface area is 105 Å². The molecule has 0 amide bonds. The van der Waals surface area contributed by atoms with Crippen molar-refractivity contribution in [1.82, 2.24) is 9.88 Å². The van der Waals surface area contributed by atoms with Crippen LogP contribution in [0.25, 0.3) is 0 Å². The number of aryl methyl sites for hydroxylation is 1. The molecule has 1 aliphatic rings. The molecule has 0 radical (unpaired) electrons. The molecule has 17 heavy (non-hydrogen) atoms. The maximum absolute atomic E-state index is 5.78. The van der Waals surface area contributed by atoms with Gasteiger partial charge in [-0.1, -0.05) is 20.8 Å². The van der Waals surface area contributed by atoms with E-state index >= 15 is 0 Å². The average Bonchev–Trinajstić information content (AvgIpc) is 2.41. The topological polar surface area (TPSA) is 25.4 Å². The zero-order valence-corrected chi connectivity index (χ0v) is 11.4. The van der Waals surface area contributed by atoms with Gasteiger partial charge in [-0.2, -0.15) is 0 Å². The van der Waals surface area contributed by atoms with Crippen molar-refractivity contribution in [1.29, 1.82) is 0 Å². The van der Waals surface area contributed by atoms with Gasteiger partial charge in [-0.15, -0.1) is 0 Å². The molecule has 0 N–H and O–H groups in total. The SMILES string of the molecule is CC.CCN1CCOC(c2ccnc(C)c2)C1. The first kappa shape index (κ1) is 14.1. The second-order valence-corrected chi connectivity index (χ2v) is 3.98. The largest absolute Gasteiger partial charge is 0.371 e. The van der Waals surface area contributed by atoms with E-state index in [4.69, 9.17) is 4.74 Å². The lowest BCUT2D eigenvalue weighted by Gasteiger charge is -2.32. The Morgan fingerprint density at radius 2 is 2.24 bits per heavy atom. The third-order valence-corrected chi connectivity index (χ3v) is 2.89. The summed E-state index contributed by atoms with van der Waals surface area (Å²) in [5.41, 5.74) is 2.31. The third-order valence-electron chi connectivity index (χ3n) is 2.89. The summed E-state index contributed by atoms with van der Waals surface area (Å²) in [5.74, 6) is 0. The van der Waals surface area contributed by atoms with Gasteiger partial charge in [0.2, 0.25) is 0 Å². The van der Waals surface area contributed by atoms with Crippen LogP contribution in [0.5, 0.6) is 0 Å². The van der Waals surface area contributed by atoms with Crippen molar-refractivity contribution in [2.24, 2.45) is 0 Å². The summed E-state index contributed by atoms with van der Waals surface area (Å²) < 4.78 is 5.78. The molecule has 1 aromatic rings. The Hall–Kier alpha value is -0.930. The zero-order chi connectivity index (χ0) is 12.7. The molecule has 3 heteroatoms. The number of likely N-dealkylation sites (N-methyl/N-ethyl adjacent to an activating group) is 1. The highest BCUT2D eigenvalue weighted by Crippen LogP contribution is 2.21. The van der Waals surface area contributed by atoms with Gasteiger partial charge in [-0.25, -0.2) is 0 Å². The van der Waals surface area contributed by atoms with Gasteiger partial charge in [0.15, 0.2) is 0 Å². The summed E-state index contributed by atoms with van der Waals surface area (Å²) in [4.78, 5) is 6.63. The highest BCUT2D eigenvalue weighted by Gasteiger charge is 2.20. The second-order valence-electron chi connectivity index (χ2n) is 3.98. The minimum Gasteiger partial charge on any atom is -0.371 e. The van der Waals surface area contributed by atoms with Crippen LogP contribution < -0.4 is 0 Å². The minimum atomic E-state index is 0.223. The number of morpholine rings is 1. The molecule has 96 valence electrons. The van der Waals surface area contributed by atoms with Crippen molar-refractivity contribution in [3.8, 4) is 0 Å². The van der Waals surface area contributed by atoms with Crippen LogP contribution in [0.4, 0.5) is 0 Å². The lowest BCUT2D eigenvalue weighted by atomic mass is 10.1. The van der Waals surface area contributed by atoms with Crippen molar-refractivity contribution in [2.75, 3.05) is 26.2 Å². The highest BCUT2D eigenvalue weighted by molar-refractivity contribution is 5.18. The van der Waals surface area contributed by atoms with Crippen LogP contribution in [0.15, 0.2) is 18.3 Å². The lowest BCUT2D eigenvalue weighted by Crippen LogP contribution is -2.38. The summed E-state index contributed by atoms with van der Waals surface area (Å²) in [6, 6.07) is 4.17. The Morgan fingerprint density at radius 3 is 2.88 bits per heavy atom. The molecule has 2 rings (SSSR count). The number of hydrogen-bond donors (Lipinski definition) is 0. The van der Waals surface area contributed by atoms with Crippen LogP contribution in [0, 0.1) is 6.92 Å². The number of nitrogens with zero attached hydrogens (tertiary/aromatic N) is 2. The van der Waals surface area contributed by atoms with Gasteiger partial charge in [-0.05, 0) is 31.2 Å². The fourth-order valence-electron chi connectivity index (χ4n) is 1.96. The van der Waals surface area contributed by atoms with Gasteiger partial charge in [0.25, 0.3) is 0 Å². The quantitative estimate of drug-likeness (QED) is 0.789. The number of pyridine rings is 1. The van der Waals surface area contributed by atoms with Crippen molar-refractivity contribution in [2.45, 2.75) is 33.8 Å². The number of aromatic nitrogens is 1. The van der Waals surface area contributed by atoms with Crippen LogP contribution in [-0.2, 0) is 4.74 Å². The summed E-state index contributed by atoms with van der Waals surface area (Å²) >= 11 is 0. The first-order valence-corrected chi connectivity index (χ1v) is 6.56. The maximum Gasteiger partial charge on any atom is 0.0953 e. The van der Waals surface area contributed by atoms with Gasteiger partial charge in [0.1, 0.15) is 0 Å². The number of rotatable bonds is 2. The van der Waals surface area contributed by atoms with E-state index in [2.05, 4.69) is 28.9 Å². The van der Waals surface area contributed by atoms with E-state index in [9.17, 15) is 0 Å². The normalized spacial score (nSPS) is 20.6. The molecule has 1 saturated heterocycles. The van der Waals surface area contributed by atoms with Crippen molar-refractivity contribution in [3.63, 3.8) is 0 Å². The first-order chi connectivity index (χ1) is 8.29. The molecule has 1 aromatic heterocycles. The second kappa shape index (κ2) is 7.41. The van der Waals surface area contributed by atoms with E-state index in [0.717, 1.165) is 31.9 Å². The Bertz CT molecular complexity index is 328. The number of hydrogen-bond acceptors (Lipinski definition) is 3. The van der Waals surface area contributed by atoms with E-state index in [1.54, 1.807) is 0 Å². The van der Waals surface area contributed by atoms with Crippen LogP contribution in [0.2, 0.25) is 0 Å². The molecule has 1 unspecified atom stereocenters. The first-order valence-electron chi connectivity index (χ1n) is 6.56. The highest BCUT2D eigenvalue weighted by atomic mass is 16.5. The fraction of sp³-hybridized carbons (Fsp3) is 0.643. The molecule has 3 nitrogen and oxygen atoms in total. The molecular formula is C14H24N2O. The van der Waals surface area contributed by atoms with E-state index in [-0.39, 0.29) is 6.10 Å². The van der Waals surface area contributed by atoms with E-state index in [0.29, 0.717) is 0 Å². The van der Waals surface area contributed by atoms with Crippen LogP contribution >= 0.6 is 0 Å². The summed E-state index contributed by atoms with van der Waals surface area (Å²) in [7, 11) is 0. The third kappa shape index (κ3) is 4.10. The molecule has 0 aromatic carbocycles. The van der Waals surface area contributed by atoms with Gasteiger partial charge in [0, 0.05) is 25.0 Å². The Kier molecular flexibility index (Phi) is 6.16. The van der Waals surface area contributed by atoms with Crippen molar-refractivity contribution in [3.05, 3.63) is 29.6 Å². The predicted molar refractivity (Wildman–Crippen MR) is 71.1 cm³/mol. The van der Waals surface area contributed by atoms with E-state index in [1.165, 1.54) is 5.56 Å². The van der Waals surface area contributed by atoms with Gasteiger partial charge in [-0.3, -0.25) is 9.88 Å². The predicted octanol–water partition coefficient (Wildman–Crippen LogP) is 2.81. The van der Waals surface area contributed by atoms with Crippen LogP contribution in [-0.4, -0.2) is 36.1 Å². The van der Waals surface area contributed by atoms with Crippen molar-refractivity contribution < 1.29 is 4.74 Å². The standard InChI is InChI=1S/C12H18N2O.C2H6/c1-3-14-6-7-15-12(9-14)11-4-5-13-10(2)8-11;1-2/h4-5,8,12H,3,6-7,9H2,1-2H3;1-2H3. The van der Waals surface area contributed by atoms with Crippen LogP contribution in [0.1, 0.15) is 38.1 Å². The van der Waals surface area contributed by atoms with Crippen LogP contribution in [0.3, 0.4) is 0 Å². The van der Waals surface area contributed by atoms with E-state index in [1.807, 2.05) is 27.0 Å². The zero-order valence-electron chi connectivity index (χ0n) is 11.4. The summed E-state index contributed by atoms with van der Waals surface area (Å²) in [6.07, 6.45) is 2.08. The minimum absolute atomic E-state index is 0.223. The molecule has 0 spiro atoms. The average molecular weight is 236 g/mol. The molecule has 0 saturated carbocycles. The van der Waals surface area contributed by atoms with Gasteiger partial charge >= 0.3 is 0 Å². The fourth-order valence-corrected chi connectivity index (χ4v) is 1.96. The monoisotopic (exact) mass is 236 g/mol. The van der Waals surface area contributed by atoms with E-state index < -0.39 is 0 Å². The molecule has 2 heterocycles. The molecule has 1 fully saturated rings.